The number of hydrogen-bond donors (Lipinski definition) is 2. The average Bonchev–Trinajstić information content (AvgIpc) is 2.25. The van der Waals surface area contributed by atoms with Crippen molar-refractivity contribution in [3.05, 3.63) is 0 Å². The molecule has 0 radical (unpaired) electrons. The van der Waals surface area contributed by atoms with Crippen LogP contribution in [0.25, 0.3) is 0 Å². The van der Waals surface area contributed by atoms with Crippen LogP contribution in [0, 0.1) is 5.41 Å². The van der Waals surface area contributed by atoms with Crippen molar-refractivity contribution in [2.45, 2.75) is 58.6 Å². The quantitative estimate of drug-likeness (QED) is 0.740. The molecule has 3 N–H and O–H groups in total. The van der Waals surface area contributed by atoms with E-state index in [9.17, 15) is 4.79 Å². The van der Waals surface area contributed by atoms with Crippen LogP contribution in [0.2, 0.25) is 0 Å². The Labute approximate surface area is 104 Å². The molecule has 0 heterocycles. The maximum Gasteiger partial charge on any atom is 0.236 e. The van der Waals surface area contributed by atoms with E-state index in [-0.39, 0.29) is 11.9 Å². The molecule has 0 aromatic rings. The highest BCUT2D eigenvalue weighted by atomic mass is 16.5. The fraction of sp³-hybridized carbons (Fsp3) is 0.923. The van der Waals surface area contributed by atoms with Gasteiger partial charge in [0.15, 0.2) is 0 Å². The van der Waals surface area contributed by atoms with E-state index in [1.165, 1.54) is 12.8 Å². The molecular formula is C13H26N2O2. The molecule has 1 rings (SSSR count). The molecule has 1 aliphatic carbocycles. The van der Waals surface area contributed by atoms with E-state index in [0.29, 0.717) is 18.1 Å². The lowest BCUT2D eigenvalue weighted by Gasteiger charge is -2.34. The Bertz CT molecular complexity index is 244. The van der Waals surface area contributed by atoms with Gasteiger partial charge in [-0.1, -0.05) is 20.8 Å². The summed E-state index contributed by atoms with van der Waals surface area (Å²) in [5.74, 6) is -0.331. The first kappa shape index (κ1) is 14.5. The molecule has 0 aromatic carbocycles. The summed E-state index contributed by atoms with van der Waals surface area (Å²) >= 11 is 0. The molecule has 0 saturated heterocycles. The number of amides is 1. The van der Waals surface area contributed by atoms with E-state index in [0.717, 1.165) is 19.4 Å². The Hall–Kier alpha value is -0.610. The van der Waals surface area contributed by atoms with Gasteiger partial charge in [-0.25, -0.2) is 0 Å². The van der Waals surface area contributed by atoms with E-state index in [1.807, 2.05) is 6.92 Å². The third kappa shape index (κ3) is 5.04. The molecule has 1 saturated carbocycles. The zero-order chi connectivity index (χ0) is 12.9. The van der Waals surface area contributed by atoms with Gasteiger partial charge in [-0.3, -0.25) is 4.79 Å². The van der Waals surface area contributed by atoms with Crippen LogP contribution in [-0.4, -0.2) is 31.2 Å². The number of nitrogens with one attached hydrogen (secondary N) is 1. The van der Waals surface area contributed by atoms with Crippen molar-refractivity contribution in [3.63, 3.8) is 0 Å². The largest absolute Gasteiger partial charge is 0.376 e. The SMILES string of the molecule is CCNC(COC1CCC(C)(C)CC1)C(N)=O. The summed E-state index contributed by atoms with van der Waals surface area (Å²) in [6.45, 7) is 7.68. The maximum absolute atomic E-state index is 11.1. The highest BCUT2D eigenvalue weighted by Gasteiger charge is 2.28. The predicted molar refractivity (Wildman–Crippen MR) is 68.6 cm³/mol. The monoisotopic (exact) mass is 242 g/mol. The van der Waals surface area contributed by atoms with Crippen LogP contribution in [0.1, 0.15) is 46.5 Å². The van der Waals surface area contributed by atoms with Crippen LogP contribution in [0.4, 0.5) is 0 Å². The molecule has 0 aliphatic heterocycles. The van der Waals surface area contributed by atoms with Crippen molar-refractivity contribution >= 4 is 5.91 Å². The maximum atomic E-state index is 11.1. The summed E-state index contributed by atoms with van der Waals surface area (Å²) in [7, 11) is 0. The Balaban J connectivity index is 2.28. The first-order valence-corrected chi connectivity index (χ1v) is 6.59. The molecule has 100 valence electrons. The molecule has 1 unspecified atom stereocenters. The Morgan fingerprint density at radius 3 is 2.53 bits per heavy atom. The van der Waals surface area contributed by atoms with Crippen LogP contribution in [0.15, 0.2) is 0 Å². The summed E-state index contributed by atoms with van der Waals surface area (Å²) in [5, 5.41) is 3.04. The zero-order valence-electron chi connectivity index (χ0n) is 11.3. The summed E-state index contributed by atoms with van der Waals surface area (Å²) in [4.78, 5) is 11.1. The number of carbonyl (C=O) groups excluding carboxylic acids is 1. The molecule has 1 atom stereocenters. The molecule has 1 aliphatic rings. The average molecular weight is 242 g/mol. The molecule has 17 heavy (non-hydrogen) atoms. The number of likely N-dealkylation sites (N-methyl/N-ethyl adjacent to an activating group) is 1. The van der Waals surface area contributed by atoms with Gasteiger partial charge in [-0.05, 0) is 37.6 Å². The van der Waals surface area contributed by atoms with Crippen molar-refractivity contribution in [3.8, 4) is 0 Å². The van der Waals surface area contributed by atoms with E-state index in [4.69, 9.17) is 10.5 Å². The van der Waals surface area contributed by atoms with Gasteiger partial charge in [-0.2, -0.15) is 0 Å². The predicted octanol–water partition coefficient (Wildman–Crippen LogP) is 1.44. The summed E-state index contributed by atoms with van der Waals surface area (Å²) < 4.78 is 5.79. The van der Waals surface area contributed by atoms with Crippen molar-refractivity contribution in [2.24, 2.45) is 11.1 Å². The minimum atomic E-state index is -0.352. The number of primary amides is 1. The number of rotatable bonds is 6. The molecule has 0 bridgehead atoms. The highest BCUT2D eigenvalue weighted by molar-refractivity contribution is 5.79. The molecule has 4 heteroatoms. The summed E-state index contributed by atoms with van der Waals surface area (Å²) in [6.07, 6.45) is 4.86. The van der Waals surface area contributed by atoms with Crippen molar-refractivity contribution in [1.29, 1.82) is 0 Å². The van der Waals surface area contributed by atoms with Gasteiger partial charge in [0.25, 0.3) is 0 Å². The lowest BCUT2D eigenvalue weighted by atomic mass is 9.76. The van der Waals surface area contributed by atoms with Crippen LogP contribution in [0.3, 0.4) is 0 Å². The van der Waals surface area contributed by atoms with Crippen molar-refractivity contribution in [1.82, 2.24) is 5.32 Å². The molecule has 1 amide bonds. The Morgan fingerprint density at radius 1 is 1.47 bits per heavy atom. The second-order valence-corrected chi connectivity index (χ2v) is 5.71. The fourth-order valence-electron chi connectivity index (χ4n) is 2.26. The second-order valence-electron chi connectivity index (χ2n) is 5.71. The standard InChI is InChI=1S/C13H26N2O2/c1-4-15-11(12(14)16)9-17-10-5-7-13(2,3)8-6-10/h10-11,15H,4-9H2,1-3H3,(H2,14,16). The zero-order valence-corrected chi connectivity index (χ0v) is 11.3. The van der Waals surface area contributed by atoms with Gasteiger partial charge < -0.3 is 15.8 Å². The molecule has 4 nitrogen and oxygen atoms in total. The summed E-state index contributed by atoms with van der Waals surface area (Å²) in [6, 6.07) is -0.352. The van der Waals surface area contributed by atoms with E-state index < -0.39 is 0 Å². The number of hydrogen-bond acceptors (Lipinski definition) is 3. The first-order valence-electron chi connectivity index (χ1n) is 6.59. The normalized spacial score (nSPS) is 22.3. The molecule has 0 spiro atoms. The van der Waals surface area contributed by atoms with Crippen LogP contribution in [-0.2, 0) is 9.53 Å². The van der Waals surface area contributed by atoms with Crippen LogP contribution >= 0.6 is 0 Å². The van der Waals surface area contributed by atoms with Gasteiger partial charge in [0.1, 0.15) is 6.04 Å². The molecular weight excluding hydrogens is 216 g/mol. The van der Waals surface area contributed by atoms with Crippen molar-refractivity contribution in [2.75, 3.05) is 13.2 Å². The minimum Gasteiger partial charge on any atom is -0.376 e. The Kier molecular flexibility index (Phi) is 5.40. The van der Waals surface area contributed by atoms with Gasteiger partial charge in [-0.15, -0.1) is 0 Å². The second kappa shape index (κ2) is 6.36. The lowest BCUT2D eigenvalue weighted by Crippen LogP contribution is -2.45. The third-order valence-corrected chi connectivity index (χ3v) is 3.58. The van der Waals surface area contributed by atoms with E-state index in [2.05, 4.69) is 19.2 Å². The minimum absolute atomic E-state index is 0.295. The van der Waals surface area contributed by atoms with Gasteiger partial charge in [0, 0.05) is 0 Å². The lowest BCUT2D eigenvalue weighted by molar-refractivity contribution is -0.122. The topological polar surface area (TPSA) is 64.3 Å². The third-order valence-electron chi connectivity index (χ3n) is 3.58. The van der Waals surface area contributed by atoms with Crippen molar-refractivity contribution < 1.29 is 9.53 Å². The fourth-order valence-corrected chi connectivity index (χ4v) is 2.26. The summed E-state index contributed by atoms with van der Waals surface area (Å²) in [5.41, 5.74) is 5.75. The number of carbonyl (C=O) groups is 1. The Morgan fingerprint density at radius 2 is 2.06 bits per heavy atom. The van der Waals surface area contributed by atoms with Gasteiger partial charge >= 0.3 is 0 Å². The highest BCUT2D eigenvalue weighted by Crippen LogP contribution is 2.36. The first-order chi connectivity index (χ1) is 7.94. The van der Waals surface area contributed by atoms with Gasteiger partial charge in [0.2, 0.25) is 5.91 Å². The van der Waals surface area contributed by atoms with E-state index >= 15 is 0 Å². The number of ether oxygens (including phenoxy) is 1. The van der Waals surface area contributed by atoms with E-state index in [1.54, 1.807) is 0 Å². The smallest absolute Gasteiger partial charge is 0.236 e. The van der Waals surface area contributed by atoms with Crippen LogP contribution in [0.5, 0.6) is 0 Å². The number of nitrogens with two attached hydrogens (primary N) is 1. The molecule has 0 aromatic heterocycles. The van der Waals surface area contributed by atoms with Gasteiger partial charge in [0.05, 0.1) is 12.7 Å². The molecule has 1 fully saturated rings. The van der Waals surface area contributed by atoms with Crippen LogP contribution < -0.4 is 11.1 Å².